The van der Waals surface area contributed by atoms with Crippen LogP contribution in [0.1, 0.15) is 55.7 Å². The lowest BCUT2D eigenvalue weighted by atomic mass is 9.77. The van der Waals surface area contributed by atoms with Crippen molar-refractivity contribution >= 4 is 22.6 Å². The number of nitrogens with one attached hydrogen (secondary N) is 1. The van der Waals surface area contributed by atoms with Crippen molar-refractivity contribution in [1.29, 1.82) is 5.41 Å². The van der Waals surface area contributed by atoms with Crippen molar-refractivity contribution in [3.8, 4) is 5.75 Å². The Morgan fingerprint density at radius 3 is 2.39 bits per heavy atom. The fourth-order valence-corrected chi connectivity index (χ4v) is 4.77. The standard InChI is InChI=1S/C27H30N2O4/c28-25(26(30)27(31)32)24(19-8-3-1-2-4-9-19)20-12-15-22(16-13-20)33-17-21-14-11-18-7-5-6-10-23(18)29-21/h5-7,10-16,19,24,26,28,30H,1-4,8-9,17H2,(H,31,32). The third-order valence-electron chi connectivity index (χ3n) is 6.52. The highest BCUT2D eigenvalue weighted by Gasteiger charge is 2.33. The molecule has 0 radical (unpaired) electrons. The van der Waals surface area contributed by atoms with Crippen molar-refractivity contribution in [1.82, 2.24) is 4.98 Å². The molecule has 1 heterocycles. The van der Waals surface area contributed by atoms with Crippen LogP contribution in [0.5, 0.6) is 5.75 Å². The molecule has 0 aliphatic heterocycles. The molecule has 1 aliphatic carbocycles. The van der Waals surface area contributed by atoms with Gasteiger partial charge in [-0.05, 0) is 48.6 Å². The zero-order chi connectivity index (χ0) is 23.2. The van der Waals surface area contributed by atoms with Gasteiger partial charge in [-0.3, -0.25) is 0 Å². The lowest BCUT2D eigenvalue weighted by Crippen LogP contribution is -2.36. The molecule has 1 aliphatic rings. The second-order valence-corrected chi connectivity index (χ2v) is 8.78. The molecule has 1 saturated carbocycles. The Bertz CT molecular complexity index is 1100. The van der Waals surface area contributed by atoms with Gasteiger partial charge < -0.3 is 20.4 Å². The number of hydrogen-bond acceptors (Lipinski definition) is 5. The van der Waals surface area contributed by atoms with Gasteiger partial charge in [-0.1, -0.05) is 62.1 Å². The molecule has 4 rings (SSSR count). The number of rotatable bonds is 8. The second kappa shape index (κ2) is 10.6. The van der Waals surface area contributed by atoms with E-state index in [2.05, 4.69) is 4.98 Å². The zero-order valence-corrected chi connectivity index (χ0v) is 18.6. The fourth-order valence-electron chi connectivity index (χ4n) is 4.77. The molecule has 3 N–H and O–H groups in total. The number of hydrogen-bond donors (Lipinski definition) is 3. The number of fused-ring (bicyclic) bond motifs is 1. The van der Waals surface area contributed by atoms with Crippen molar-refractivity contribution in [2.24, 2.45) is 5.92 Å². The summed E-state index contributed by atoms with van der Waals surface area (Å²) in [6.45, 7) is 0.337. The number of aliphatic hydroxyl groups is 1. The van der Waals surface area contributed by atoms with Crippen LogP contribution in [0.3, 0.4) is 0 Å². The number of pyridine rings is 1. The fraction of sp³-hybridized carbons (Fsp3) is 0.370. The molecule has 2 atom stereocenters. The highest BCUT2D eigenvalue weighted by Crippen LogP contribution is 2.37. The number of carbonyl (C=O) groups is 1. The molecular formula is C27H30N2O4. The lowest BCUT2D eigenvalue weighted by molar-refractivity contribution is -0.143. The first-order valence-electron chi connectivity index (χ1n) is 11.6. The Kier molecular flexibility index (Phi) is 7.35. The Balaban J connectivity index is 1.49. The van der Waals surface area contributed by atoms with E-state index in [-0.39, 0.29) is 11.6 Å². The minimum Gasteiger partial charge on any atom is -0.487 e. The van der Waals surface area contributed by atoms with Gasteiger partial charge in [-0.15, -0.1) is 0 Å². The molecule has 6 nitrogen and oxygen atoms in total. The van der Waals surface area contributed by atoms with Gasteiger partial charge in [0.2, 0.25) is 0 Å². The largest absolute Gasteiger partial charge is 0.487 e. The van der Waals surface area contributed by atoms with E-state index in [1.807, 2.05) is 60.7 Å². The normalized spacial score (nSPS) is 16.6. The van der Waals surface area contributed by atoms with Crippen molar-refractivity contribution in [2.45, 2.75) is 57.2 Å². The number of carboxylic acid groups (broad SMARTS) is 1. The van der Waals surface area contributed by atoms with E-state index >= 15 is 0 Å². The summed E-state index contributed by atoms with van der Waals surface area (Å²) in [6, 6.07) is 19.4. The number of aromatic nitrogens is 1. The number of aliphatic hydroxyl groups excluding tert-OH is 1. The van der Waals surface area contributed by atoms with Crippen LogP contribution in [0.25, 0.3) is 10.9 Å². The summed E-state index contributed by atoms with van der Waals surface area (Å²) in [5, 5.41) is 28.9. The van der Waals surface area contributed by atoms with Gasteiger partial charge in [-0.2, -0.15) is 0 Å². The summed E-state index contributed by atoms with van der Waals surface area (Å²) < 4.78 is 5.93. The molecular weight excluding hydrogens is 416 g/mol. The maximum Gasteiger partial charge on any atom is 0.338 e. The number of carboxylic acids is 1. The Morgan fingerprint density at radius 1 is 1.00 bits per heavy atom. The quantitative estimate of drug-likeness (QED) is 0.320. The molecule has 1 aromatic heterocycles. The summed E-state index contributed by atoms with van der Waals surface area (Å²) in [7, 11) is 0. The third kappa shape index (κ3) is 5.57. The maximum atomic E-state index is 11.4. The molecule has 2 aromatic carbocycles. The van der Waals surface area contributed by atoms with Crippen LogP contribution in [0.4, 0.5) is 0 Å². The van der Waals surface area contributed by atoms with Gasteiger partial charge >= 0.3 is 5.97 Å². The van der Waals surface area contributed by atoms with Crippen molar-refractivity contribution in [2.75, 3.05) is 0 Å². The van der Waals surface area contributed by atoms with E-state index in [4.69, 9.17) is 10.1 Å². The zero-order valence-electron chi connectivity index (χ0n) is 18.6. The number of nitrogens with zero attached hydrogens (tertiary/aromatic N) is 1. The van der Waals surface area contributed by atoms with Crippen molar-refractivity contribution in [3.63, 3.8) is 0 Å². The minimum atomic E-state index is -1.78. The number of aliphatic carboxylic acids is 1. The van der Waals surface area contributed by atoms with E-state index in [0.717, 1.165) is 60.7 Å². The smallest absolute Gasteiger partial charge is 0.338 e. The minimum absolute atomic E-state index is 0.136. The summed E-state index contributed by atoms with van der Waals surface area (Å²) in [5.74, 6) is -0.951. The first-order chi connectivity index (χ1) is 16.0. The highest BCUT2D eigenvalue weighted by atomic mass is 16.5. The molecule has 0 amide bonds. The average Bonchev–Trinajstić information content (AvgIpc) is 3.12. The highest BCUT2D eigenvalue weighted by molar-refractivity contribution is 6.05. The monoisotopic (exact) mass is 446 g/mol. The molecule has 2 unspecified atom stereocenters. The van der Waals surface area contributed by atoms with E-state index in [9.17, 15) is 15.0 Å². The van der Waals surface area contributed by atoms with Gasteiger partial charge in [0.1, 0.15) is 12.4 Å². The van der Waals surface area contributed by atoms with Crippen LogP contribution in [-0.4, -0.2) is 33.0 Å². The van der Waals surface area contributed by atoms with Gasteiger partial charge in [0.05, 0.1) is 16.9 Å². The molecule has 3 aromatic rings. The van der Waals surface area contributed by atoms with Gasteiger partial charge in [-0.25, -0.2) is 9.78 Å². The Hall–Kier alpha value is -3.25. The molecule has 0 spiro atoms. The van der Waals surface area contributed by atoms with Crippen LogP contribution in [0.2, 0.25) is 0 Å². The number of benzene rings is 2. The summed E-state index contributed by atoms with van der Waals surface area (Å²) in [5.41, 5.74) is 2.47. The molecule has 172 valence electrons. The third-order valence-corrected chi connectivity index (χ3v) is 6.52. The first kappa shape index (κ1) is 22.9. The van der Waals surface area contributed by atoms with E-state index < -0.39 is 18.0 Å². The molecule has 1 fully saturated rings. The van der Waals surface area contributed by atoms with Crippen LogP contribution in [-0.2, 0) is 11.4 Å². The first-order valence-corrected chi connectivity index (χ1v) is 11.6. The molecule has 0 saturated heterocycles. The predicted octanol–water partition coefficient (Wildman–Crippen LogP) is 5.33. The number of para-hydroxylation sites is 1. The van der Waals surface area contributed by atoms with Crippen LogP contribution in [0.15, 0.2) is 60.7 Å². The summed E-state index contributed by atoms with van der Waals surface area (Å²) in [4.78, 5) is 16.0. The van der Waals surface area contributed by atoms with Crippen molar-refractivity contribution < 1.29 is 19.7 Å². The molecule has 33 heavy (non-hydrogen) atoms. The van der Waals surface area contributed by atoms with Crippen molar-refractivity contribution in [3.05, 3.63) is 71.9 Å². The van der Waals surface area contributed by atoms with Crippen LogP contribution in [0, 0.1) is 11.3 Å². The van der Waals surface area contributed by atoms with Gasteiger partial charge in [0.15, 0.2) is 6.10 Å². The molecule has 0 bridgehead atoms. The summed E-state index contributed by atoms with van der Waals surface area (Å²) >= 11 is 0. The van der Waals surface area contributed by atoms with Crippen LogP contribution < -0.4 is 4.74 Å². The second-order valence-electron chi connectivity index (χ2n) is 8.78. The Morgan fingerprint density at radius 2 is 1.70 bits per heavy atom. The predicted molar refractivity (Wildman–Crippen MR) is 128 cm³/mol. The summed E-state index contributed by atoms with van der Waals surface area (Å²) in [6.07, 6.45) is 4.54. The average molecular weight is 447 g/mol. The van der Waals surface area contributed by atoms with Gasteiger partial charge in [0.25, 0.3) is 0 Å². The van der Waals surface area contributed by atoms with E-state index in [1.54, 1.807) is 0 Å². The maximum absolute atomic E-state index is 11.4. The van der Waals surface area contributed by atoms with E-state index in [1.165, 1.54) is 0 Å². The van der Waals surface area contributed by atoms with E-state index in [0.29, 0.717) is 12.4 Å². The molecule has 6 heteroatoms. The lowest BCUT2D eigenvalue weighted by Gasteiger charge is -2.28. The Labute approximate surface area is 193 Å². The van der Waals surface area contributed by atoms with Crippen LogP contribution >= 0.6 is 0 Å². The number of ether oxygens (including phenoxy) is 1. The topological polar surface area (TPSA) is 104 Å². The SMILES string of the molecule is N=C(C(O)C(=O)O)C(c1ccc(OCc2ccc3ccccc3n2)cc1)C1CCCCCC1. The van der Waals surface area contributed by atoms with Gasteiger partial charge in [0, 0.05) is 11.3 Å².